The number of benzene rings is 4. The summed E-state index contributed by atoms with van der Waals surface area (Å²) < 4.78 is 16.6. The summed E-state index contributed by atoms with van der Waals surface area (Å²) in [6, 6.07) is 32.0. The molecule has 0 aliphatic carbocycles. The maximum absolute atomic E-state index is 14.9. The molecule has 0 spiro atoms. The number of aromatic nitrogens is 1. The second-order valence-corrected chi connectivity index (χ2v) is 9.13. The van der Waals surface area contributed by atoms with Gasteiger partial charge in [-0.25, -0.2) is 9.18 Å². The van der Waals surface area contributed by atoms with Gasteiger partial charge in [-0.1, -0.05) is 84.9 Å². The summed E-state index contributed by atoms with van der Waals surface area (Å²) in [6.45, 7) is 0.306. The molecular formula is C33H25FN2O4. The molecule has 0 saturated heterocycles. The number of carboxylic acid groups (broad SMARTS) is 1. The maximum Gasteiger partial charge on any atom is 0.337 e. The number of nitrogens with one attached hydrogen (secondary N) is 1. The topological polar surface area (TPSA) is 88.4 Å². The van der Waals surface area contributed by atoms with E-state index in [0.717, 1.165) is 5.56 Å². The van der Waals surface area contributed by atoms with Gasteiger partial charge in [-0.05, 0) is 35.9 Å². The Morgan fingerprint density at radius 2 is 1.35 bits per heavy atom. The summed E-state index contributed by atoms with van der Waals surface area (Å²) in [5.41, 5.74) is 2.90. The zero-order valence-electron chi connectivity index (χ0n) is 21.4. The number of halogens is 1. The Hall–Kier alpha value is -5.30. The molecule has 0 fully saturated rings. The van der Waals surface area contributed by atoms with Gasteiger partial charge in [0.25, 0.3) is 5.91 Å². The largest absolute Gasteiger partial charge is 0.478 e. The van der Waals surface area contributed by atoms with Crippen molar-refractivity contribution in [1.29, 1.82) is 0 Å². The lowest BCUT2D eigenvalue weighted by Gasteiger charge is -2.16. The molecule has 1 aromatic heterocycles. The molecule has 4 aromatic carbocycles. The number of carbonyl (C=O) groups is 3. The fourth-order valence-corrected chi connectivity index (χ4v) is 4.68. The Kier molecular flexibility index (Phi) is 7.64. The van der Waals surface area contributed by atoms with E-state index >= 15 is 0 Å². The van der Waals surface area contributed by atoms with E-state index in [9.17, 15) is 23.9 Å². The van der Waals surface area contributed by atoms with Crippen LogP contribution >= 0.6 is 0 Å². The van der Waals surface area contributed by atoms with Crippen molar-refractivity contribution in [3.63, 3.8) is 0 Å². The summed E-state index contributed by atoms with van der Waals surface area (Å²) in [5.74, 6) is -2.31. The summed E-state index contributed by atoms with van der Waals surface area (Å²) in [4.78, 5) is 38.1. The van der Waals surface area contributed by atoms with Crippen LogP contribution in [0.4, 0.5) is 4.39 Å². The molecule has 198 valence electrons. The molecule has 1 amide bonds. The van der Waals surface area contributed by atoms with Crippen molar-refractivity contribution in [3.8, 4) is 22.5 Å². The van der Waals surface area contributed by atoms with Crippen LogP contribution in [-0.4, -0.2) is 33.9 Å². The number of hydrogen-bond donors (Lipinski definition) is 2. The molecule has 7 heteroatoms. The molecule has 0 radical (unpaired) electrons. The van der Waals surface area contributed by atoms with Gasteiger partial charge in [0.2, 0.25) is 0 Å². The van der Waals surface area contributed by atoms with Gasteiger partial charge < -0.3 is 15.0 Å². The molecule has 0 unspecified atom stereocenters. The lowest BCUT2D eigenvalue weighted by Crippen LogP contribution is -2.28. The van der Waals surface area contributed by atoms with Crippen molar-refractivity contribution >= 4 is 17.7 Å². The first-order valence-electron chi connectivity index (χ1n) is 12.7. The van der Waals surface area contributed by atoms with Crippen molar-refractivity contribution in [2.24, 2.45) is 0 Å². The van der Waals surface area contributed by atoms with Crippen LogP contribution in [0, 0.1) is 5.82 Å². The number of rotatable bonds is 9. The minimum atomic E-state index is -1.18. The number of carboxylic acids is 1. The Morgan fingerprint density at radius 3 is 2.05 bits per heavy atom. The Bertz CT molecular complexity index is 1690. The highest BCUT2D eigenvalue weighted by atomic mass is 19.1. The molecule has 0 aliphatic rings. The number of hydrogen-bond acceptors (Lipinski definition) is 3. The fourth-order valence-electron chi connectivity index (χ4n) is 4.68. The van der Waals surface area contributed by atoms with E-state index in [4.69, 9.17) is 0 Å². The van der Waals surface area contributed by atoms with Crippen LogP contribution in [0.25, 0.3) is 22.5 Å². The monoisotopic (exact) mass is 532 g/mol. The summed E-state index contributed by atoms with van der Waals surface area (Å²) in [5, 5.41) is 12.8. The Labute approximate surface area is 230 Å². The molecule has 0 saturated carbocycles. The van der Waals surface area contributed by atoms with Crippen LogP contribution in [0.5, 0.6) is 0 Å². The van der Waals surface area contributed by atoms with Crippen LogP contribution in [0.1, 0.15) is 36.6 Å². The summed E-state index contributed by atoms with van der Waals surface area (Å²) in [6.07, 6.45) is 0. The Morgan fingerprint density at radius 1 is 0.725 bits per heavy atom. The van der Waals surface area contributed by atoms with Crippen LogP contribution < -0.4 is 5.32 Å². The quantitative estimate of drug-likeness (QED) is 0.218. The standard InChI is InChI=1S/C33H25FN2O4/c34-28-17-8-7-16-26(28)30-27(33(39)40)21-29(22-10-3-1-4-11-22)36(30)19-18-35-32(38)25-15-9-14-24(20-25)31(37)23-12-5-2-6-13-23/h1-17,20-21H,18-19H2,(H,35,38)(H,39,40). The third kappa shape index (κ3) is 5.44. The lowest BCUT2D eigenvalue weighted by molar-refractivity contribution is 0.0697. The predicted molar refractivity (Wildman–Crippen MR) is 151 cm³/mol. The average Bonchev–Trinajstić information content (AvgIpc) is 3.37. The number of nitrogens with zero attached hydrogens (tertiary/aromatic N) is 1. The van der Waals surface area contributed by atoms with E-state index in [1.807, 2.05) is 36.4 Å². The lowest BCUT2D eigenvalue weighted by atomic mass is 10.0. The van der Waals surface area contributed by atoms with Crippen LogP contribution in [0.2, 0.25) is 0 Å². The Balaban J connectivity index is 1.43. The number of aromatic carboxylic acids is 1. The van der Waals surface area contributed by atoms with Crippen molar-refractivity contribution in [2.75, 3.05) is 6.54 Å². The van der Waals surface area contributed by atoms with E-state index in [2.05, 4.69) is 5.32 Å². The maximum atomic E-state index is 14.9. The predicted octanol–water partition coefficient (Wildman–Crippen LogP) is 6.32. The second-order valence-electron chi connectivity index (χ2n) is 9.13. The summed E-state index contributed by atoms with van der Waals surface area (Å²) >= 11 is 0. The normalized spacial score (nSPS) is 10.7. The van der Waals surface area contributed by atoms with E-state index in [1.165, 1.54) is 18.2 Å². The third-order valence-corrected chi connectivity index (χ3v) is 6.57. The van der Waals surface area contributed by atoms with Crippen molar-refractivity contribution in [1.82, 2.24) is 9.88 Å². The molecule has 0 aliphatic heterocycles. The molecule has 0 bridgehead atoms. The highest BCUT2D eigenvalue weighted by Gasteiger charge is 2.24. The smallest absolute Gasteiger partial charge is 0.337 e. The second kappa shape index (κ2) is 11.6. The van der Waals surface area contributed by atoms with Crippen LogP contribution in [0.15, 0.2) is 115 Å². The molecule has 1 heterocycles. The van der Waals surface area contributed by atoms with Gasteiger partial charge in [-0.3, -0.25) is 9.59 Å². The van der Waals surface area contributed by atoms with Crippen molar-refractivity contribution in [3.05, 3.63) is 143 Å². The molecule has 2 N–H and O–H groups in total. The van der Waals surface area contributed by atoms with Crippen molar-refractivity contribution < 1.29 is 23.9 Å². The van der Waals surface area contributed by atoms with Gasteiger partial charge >= 0.3 is 5.97 Å². The number of amides is 1. The van der Waals surface area contributed by atoms with E-state index in [-0.39, 0.29) is 41.6 Å². The van der Waals surface area contributed by atoms with Gasteiger partial charge in [0.15, 0.2) is 5.78 Å². The molecule has 6 nitrogen and oxygen atoms in total. The molecule has 5 rings (SSSR count). The van der Waals surface area contributed by atoms with E-state index in [0.29, 0.717) is 22.4 Å². The first-order valence-corrected chi connectivity index (χ1v) is 12.7. The number of carbonyl (C=O) groups excluding carboxylic acids is 2. The van der Waals surface area contributed by atoms with Crippen LogP contribution in [0.3, 0.4) is 0 Å². The van der Waals surface area contributed by atoms with E-state index in [1.54, 1.807) is 65.2 Å². The fraction of sp³-hybridized carbons (Fsp3) is 0.0606. The van der Waals surface area contributed by atoms with Gasteiger partial charge in [0.1, 0.15) is 5.82 Å². The minimum absolute atomic E-state index is 0.0394. The van der Waals surface area contributed by atoms with Gasteiger partial charge in [0.05, 0.1) is 11.3 Å². The van der Waals surface area contributed by atoms with Gasteiger partial charge in [0, 0.05) is 41.0 Å². The SMILES string of the molecule is O=C(NCCn1c(-c2ccccc2)cc(C(=O)O)c1-c1ccccc1F)c1cccc(C(=O)c2ccccc2)c1. The summed E-state index contributed by atoms with van der Waals surface area (Å²) in [7, 11) is 0. The van der Waals surface area contributed by atoms with Gasteiger partial charge in [-0.15, -0.1) is 0 Å². The average molecular weight is 533 g/mol. The van der Waals surface area contributed by atoms with Crippen LogP contribution in [-0.2, 0) is 6.54 Å². The highest BCUT2D eigenvalue weighted by Crippen LogP contribution is 2.34. The zero-order valence-corrected chi connectivity index (χ0v) is 21.4. The molecular weight excluding hydrogens is 507 g/mol. The third-order valence-electron chi connectivity index (χ3n) is 6.57. The minimum Gasteiger partial charge on any atom is -0.478 e. The van der Waals surface area contributed by atoms with E-state index < -0.39 is 11.8 Å². The molecule has 5 aromatic rings. The number of ketones is 1. The van der Waals surface area contributed by atoms with Gasteiger partial charge in [-0.2, -0.15) is 0 Å². The molecule has 0 atom stereocenters. The molecule has 40 heavy (non-hydrogen) atoms. The first-order chi connectivity index (χ1) is 19.4. The first kappa shape index (κ1) is 26.3. The van der Waals surface area contributed by atoms with Crippen molar-refractivity contribution in [2.45, 2.75) is 6.54 Å². The highest BCUT2D eigenvalue weighted by molar-refractivity contribution is 6.10. The zero-order chi connectivity index (χ0) is 28.1.